The van der Waals surface area contributed by atoms with E-state index in [0.29, 0.717) is 17.5 Å². The molecule has 0 atom stereocenters. The lowest BCUT2D eigenvalue weighted by Crippen LogP contribution is -2.02. The van der Waals surface area contributed by atoms with Crippen molar-refractivity contribution in [1.82, 2.24) is 9.97 Å². The van der Waals surface area contributed by atoms with Crippen LogP contribution in [0.15, 0.2) is 24.3 Å². The van der Waals surface area contributed by atoms with Gasteiger partial charge in [-0.25, -0.2) is 9.37 Å². The van der Waals surface area contributed by atoms with Gasteiger partial charge in [0.1, 0.15) is 11.6 Å². The average Bonchev–Trinajstić information content (AvgIpc) is 2.33. The smallest absolute Gasteiger partial charge is 0.224 e. The van der Waals surface area contributed by atoms with Gasteiger partial charge in [0.05, 0.1) is 5.02 Å². The molecule has 6 heteroatoms. The minimum atomic E-state index is -0.471. The van der Waals surface area contributed by atoms with Crippen LogP contribution in [0.2, 0.25) is 5.02 Å². The number of hydrogen-bond acceptors (Lipinski definition) is 4. The quantitative estimate of drug-likeness (QED) is 0.894. The van der Waals surface area contributed by atoms with Crippen molar-refractivity contribution in [2.24, 2.45) is 0 Å². The van der Waals surface area contributed by atoms with Crippen molar-refractivity contribution in [1.29, 1.82) is 0 Å². The number of halogens is 2. The molecule has 2 rings (SSSR count). The molecule has 94 valence electrons. The highest BCUT2D eigenvalue weighted by Crippen LogP contribution is 2.21. The molecule has 0 amide bonds. The molecule has 0 unspecified atom stereocenters. The molecule has 1 heterocycles. The molecule has 0 saturated carbocycles. The number of hydrogen-bond donors (Lipinski definition) is 2. The van der Waals surface area contributed by atoms with Crippen molar-refractivity contribution < 1.29 is 4.39 Å². The van der Waals surface area contributed by atoms with Gasteiger partial charge in [-0.2, -0.15) is 4.98 Å². The predicted octanol–water partition coefficient (Wildman–Crippen LogP) is 3.36. The fraction of sp³-hybridized carbons (Fsp3) is 0.167. The number of aromatic nitrogens is 2. The Morgan fingerprint density at radius 2 is 2.00 bits per heavy atom. The Hall–Kier alpha value is -1.88. The zero-order chi connectivity index (χ0) is 13.1. The zero-order valence-electron chi connectivity index (χ0n) is 9.96. The third-order valence-corrected chi connectivity index (χ3v) is 2.58. The van der Waals surface area contributed by atoms with Crippen molar-refractivity contribution in [3.63, 3.8) is 0 Å². The van der Waals surface area contributed by atoms with Gasteiger partial charge in [-0.05, 0) is 25.1 Å². The van der Waals surface area contributed by atoms with Gasteiger partial charge >= 0.3 is 0 Å². The lowest BCUT2D eigenvalue weighted by molar-refractivity contribution is 0.629. The third-order valence-electron chi connectivity index (χ3n) is 2.27. The SMILES string of the molecule is CNc1nc(C)cc(Nc2ccc(Cl)c(F)c2)n1. The Labute approximate surface area is 109 Å². The molecule has 4 nitrogen and oxygen atoms in total. The Balaban J connectivity index is 2.27. The van der Waals surface area contributed by atoms with Crippen molar-refractivity contribution in [2.75, 3.05) is 17.7 Å². The summed E-state index contributed by atoms with van der Waals surface area (Å²) in [7, 11) is 1.74. The van der Waals surface area contributed by atoms with Gasteiger partial charge in [-0.1, -0.05) is 11.6 Å². The molecule has 0 aliphatic heterocycles. The van der Waals surface area contributed by atoms with Crippen LogP contribution in [-0.2, 0) is 0 Å². The van der Waals surface area contributed by atoms with Gasteiger partial charge in [0.25, 0.3) is 0 Å². The van der Waals surface area contributed by atoms with E-state index in [1.165, 1.54) is 12.1 Å². The van der Waals surface area contributed by atoms with Crippen molar-refractivity contribution in [2.45, 2.75) is 6.92 Å². The molecule has 0 spiro atoms. The first kappa shape index (κ1) is 12.6. The van der Waals surface area contributed by atoms with Crippen LogP contribution >= 0.6 is 11.6 Å². The highest BCUT2D eigenvalue weighted by Gasteiger charge is 2.04. The maximum Gasteiger partial charge on any atom is 0.224 e. The lowest BCUT2D eigenvalue weighted by atomic mass is 10.3. The second kappa shape index (κ2) is 5.18. The van der Waals surface area contributed by atoms with E-state index in [-0.39, 0.29) is 5.02 Å². The standard InChI is InChI=1S/C12H12ClFN4/c1-7-5-11(18-12(15-2)16-7)17-8-3-4-9(13)10(14)6-8/h3-6H,1-2H3,(H2,15,16,17,18). The van der Waals surface area contributed by atoms with Crippen LogP contribution in [0.4, 0.5) is 21.8 Å². The van der Waals surface area contributed by atoms with Gasteiger partial charge < -0.3 is 10.6 Å². The van der Waals surface area contributed by atoms with E-state index in [9.17, 15) is 4.39 Å². The second-order valence-electron chi connectivity index (χ2n) is 3.72. The molecule has 0 saturated heterocycles. The Morgan fingerprint density at radius 3 is 2.67 bits per heavy atom. The summed E-state index contributed by atoms with van der Waals surface area (Å²) in [5, 5.41) is 5.95. The maximum absolute atomic E-state index is 13.3. The van der Waals surface area contributed by atoms with Crippen molar-refractivity contribution >= 4 is 29.1 Å². The topological polar surface area (TPSA) is 49.8 Å². The number of nitrogens with zero attached hydrogens (tertiary/aromatic N) is 2. The van der Waals surface area contributed by atoms with Gasteiger partial charge in [0, 0.05) is 24.5 Å². The van der Waals surface area contributed by atoms with E-state index in [2.05, 4.69) is 20.6 Å². The number of aryl methyl sites for hydroxylation is 1. The highest BCUT2D eigenvalue weighted by molar-refractivity contribution is 6.30. The van der Waals surface area contributed by atoms with Crippen LogP contribution in [0, 0.1) is 12.7 Å². The summed E-state index contributed by atoms with van der Waals surface area (Å²) in [5.74, 6) is 0.627. The molecule has 0 aliphatic rings. The maximum atomic E-state index is 13.3. The molecule has 1 aromatic carbocycles. The monoisotopic (exact) mass is 266 g/mol. The van der Waals surface area contributed by atoms with Crippen molar-refractivity contribution in [3.05, 3.63) is 40.8 Å². The zero-order valence-corrected chi connectivity index (χ0v) is 10.7. The van der Waals surface area contributed by atoms with E-state index >= 15 is 0 Å². The van der Waals surface area contributed by atoms with E-state index in [0.717, 1.165) is 5.69 Å². The van der Waals surface area contributed by atoms with E-state index < -0.39 is 5.82 Å². The number of anilines is 3. The van der Waals surface area contributed by atoms with E-state index in [1.807, 2.05) is 6.92 Å². The minimum absolute atomic E-state index is 0.0929. The van der Waals surface area contributed by atoms with E-state index in [4.69, 9.17) is 11.6 Å². The van der Waals surface area contributed by atoms with Gasteiger partial charge in [0.2, 0.25) is 5.95 Å². The van der Waals surface area contributed by atoms with Crippen LogP contribution < -0.4 is 10.6 Å². The van der Waals surface area contributed by atoms with Crippen LogP contribution in [0.25, 0.3) is 0 Å². The van der Waals surface area contributed by atoms with Crippen LogP contribution in [0.1, 0.15) is 5.69 Å². The molecule has 2 aromatic rings. The minimum Gasteiger partial charge on any atom is -0.357 e. The Bertz CT molecular complexity index is 574. The molecule has 0 fully saturated rings. The van der Waals surface area contributed by atoms with Gasteiger partial charge in [0.15, 0.2) is 0 Å². The van der Waals surface area contributed by atoms with Crippen LogP contribution in [-0.4, -0.2) is 17.0 Å². The van der Waals surface area contributed by atoms with Gasteiger partial charge in [-0.15, -0.1) is 0 Å². The fourth-order valence-electron chi connectivity index (χ4n) is 1.47. The predicted molar refractivity (Wildman–Crippen MR) is 71.0 cm³/mol. The Morgan fingerprint density at radius 1 is 1.22 bits per heavy atom. The number of benzene rings is 1. The van der Waals surface area contributed by atoms with Crippen LogP contribution in [0.5, 0.6) is 0 Å². The average molecular weight is 267 g/mol. The summed E-state index contributed by atoms with van der Waals surface area (Å²) in [6.45, 7) is 1.86. The number of rotatable bonds is 3. The highest BCUT2D eigenvalue weighted by atomic mass is 35.5. The molecule has 2 N–H and O–H groups in total. The first-order chi connectivity index (χ1) is 8.58. The van der Waals surface area contributed by atoms with Crippen LogP contribution in [0.3, 0.4) is 0 Å². The molecule has 0 radical (unpaired) electrons. The number of nitrogens with one attached hydrogen (secondary N) is 2. The molecule has 0 bridgehead atoms. The largest absolute Gasteiger partial charge is 0.357 e. The Kier molecular flexibility index (Phi) is 3.62. The fourth-order valence-corrected chi connectivity index (χ4v) is 1.58. The lowest BCUT2D eigenvalue weighted by Gasteiger charge is -2.08. The molecule has 0 aliphatic carbocycles. The summed E-state index contributed by atoms with van der Waals surface area (Å²) >= 11 is 5.62. The summed E-state index contributed by atoms with van der Waals surface area (Å²) in [6.07, 6.45) is 0. The first-order valence-corrected chi connectivity index (χ1v) is 5.72. The second-order valence-corrected chi connectivity index (χ2v) is 4.13. The molecule has 18 heavy (non-hydrogen) atoms. The molecular formula is C12H12ClFN4. The van der Waals surface area contributed by atoms with Crippen molar-refractivity contribution in [3.8, 4) is 0 Å². The van der Waals surface area contributed by atoms with Gasteiger partial charge in [-0.3, -0.25) is 0 Å². The molecule has 1 aromatic heterocycles. The first-order valence-electron chi connectivity index (χ1n) is 5.34. The normalized spacial score (nSPS) is 10.2. The van der Waals surface area contributed by atoms with E-state index in [1.54, 1.807) is 19.2 Å². The third kappa shape index (κ3) is 2.87. The summed E-state index contributed by atoms with van der Waals surface area (Å²) < 4.78 is 13.3. The summed E-state index contributed by atoms with van der Waals surface area (Å²) in [6, 6.07) is 6.26. The molecular weight excluding hydrogens is 255 g/mol. The summed E-state index contributed by atoms with van der Waals surface area (Å²) in [5.41, 5.74) is 1.39. The summed E-state index contributed by atoms with van der Waals surface area (Å²) in [4.78, 5) is 8.38.